The van der Waals surface area contributed by atoms with Crippen molar-refractivity contribution < 1.29 is 4.79 Å². The third-order valence-electron chi connectivity index (χ3n) is 4.88. The highest BCUT2D eigenvalue weighted by molar-refractivity contribution is 5.95. The number of rotatable bonds is 2. The Kier molecular flexibility index (Phi) is 3.16. The number of fused-ring (bicyclic) bond motifs is 3. The Hall–Kier alpha value is -2.25. The number of hydrogen-bond donors (Lipinski definition) is 1. The molecule has 0 radical (unpaired) electrons. The van der Waals surface area contributed by atoms with E-state index in [1.165, 1.54) is 19.5 Å². The second-order valence-electron chi connectivity index (χ2n) is 6.40. The smallest absolute Gasteiger partial charge is 0.251 e. The molecule has 1 N–H and O–H groups in total. The van der Waals surface area contributed by atoms with Crippen LogP contribution in [0.1, 0.15) is 28.8 Å². The van der Waals surface area contributed by atoms with Crippen LogP contribution in [0, 0.1) is 18.3 Å². The molecule has 2 aromatic heterocycles. The third kappa shape index (κ3) is 2.28. The van der Waals surface area contributed by atoms with E-state index in [1.807, 2.05) is 35.0 Å². The zero-order valence-corrected chi connectivity index (χ0v) is 12.5. The second kappa shape index (κ2) is 5.19. The van der Waals surface area contributed by atoms with E-state index in [4.69, 9.17) is 6.42 Å². The lowest BCUT2D eigenvalue weighted by atomic mass is 9.96. The first-order valence-corrected chi connectivity index (χ1v) is 7.83. The summed E-state index contributed by atoms with van der Waals surface area (Å²) in [5.41, 5.74) is 2.40. The van der Waals surface area contributed by atoms with Crippen LogP contribution in [-0.2, 0) is 0 Å². The molecule has 2 bridgehead atoms. The Labute approximate surface area is 130 Å². The van der Waals surface area contributed by atoms with Crippen molar-refractivity contribution in [3.8, 4) is 12.3 Å². The highest BCUT2D eigenvalue weighted by Crippen LogP contribution is 2.26. The highest BCUT2D eigenvalue weighted by atomic mass is 16.1. The molecule has 22 heavy (non-hydrogen) atoms. The van der Waals surface area contributed by atoms with Crippen LogP contribution in [0.15, 0.2) is 30.6 Å². The molecule has 2 aromatic rings. The summed E-state index contributed by atoms with van der Waals surface area (Å²) < 4.78 is 1.94. The van der Waals surface area contributed by atoms with Gasteiger partial charge in [0.05, 0.1) is 5.52 Å². The summed E-state index contributed by atoms with van der Waals surface area (Å²) in [7, 11) is 0. The number of nitrogens with one attached hydrogen (secondary N) is 1. The molecule has 4 heteroatoms. The average Bonchev–Trinajstić information content (AvgIpc) is 3.09. The Morgan fingerprint density at radius 1 is 1.32 bits per heavy atom. The zero-order valence-electron chi connectivity index (χ0n) is 12.5. The van der Waals surface area contributed by atoms with Crippen molar-refractivity contribution in [1.29, 1.82) is 0 Å². The molecule has 4 nitrogen and oxygen atoms in total. The average molecular weight is 293 g/mol. The van der Waals surface area contributed by atoms with Gasteiger partial charge in [-0.1, -0.05) is 5.92 Å². The number of piperidine rings is 1. The van der Waals surface area contributed by atoms with Crippen molar-refractivity contribution >= 4 is 11.4 Å². The maximum absolute atomic E-state index is 12.5. The van der Waals surface area contributed by atoms with Gasteiger partial charge < -0.3 is 14.6 Å². The molecule has 4 rings (SSSR count). The first-order valence-electron chi connectivity index (χ1n) is 7.83. The molecule has 4 heterocycles. The molecule has 112 valence electrons. The van der Waals surface area contributed by atoms with Crippen LogP contribution in [0.4, 0.5) is 0 Å². The molecule has 2 saturated heterocycles. The molecule has 1 amide bonds. The van der Waals surface area contributed by atoms with Crippen molar-refractivity contribution in [2.24, 2.45) is 5.92 Å². The van der Waals surface area contributed by atoms with Gasteiger partial charge in [-0.2, -0.15) is 0 Å². The number of amides is 1. The number of nitrogens with zero attached hydrogens (tertiary/aromatic N) is 2. The SMILES string of the molecule is C#Cc1ccn2ccc(C(=O)N[C@@H]3CC4CCN(C4)C3)cc12. The molecule has 0 spiro atoms. The van der Waals surface area contributed by atoms with Crippen LogP contribution in [0.25, 0.3) is 5.52 Å². The summed E-state index contributed by atoms with van der Waals surface area (Å²) in [6, 6.07) is 5.88. The number of pyridine rings is 1. The van der Waals surface area contributed by atoms with Gasteiger partial charge in [0.15, 0.2) is 0 Å². The second-order valence-corrected chi connectivity index (χ2v) is 6.40. The summed E-state index contributed by atoms with van der Waals surface area (Å²) in [6.45, 7) is 3.36. The van der Waals surface area contributed by atoms with Crippen molar-refractivity contribution in [1.82, 2.24) is 14.6 Å². The van der Waals surface area contributed by atoms with Crippen LogP contribution in [-0.4, -0.2) is 40.9 Å². The minimum absolute atomic E-state index is 0.000767. The van der Waals surface area contributed by atoms with Gasteiger partial charge >= 0.3 is 0 Å². The lowest BCUT2D eigenvalue weighted by Gasteiger charge is -2.30. The predicted molar refractivity (Wildman–Crippen MR) is 85.8 cm³/mol. The fourth-order valence-electron chi connectivity index (χ4n) is 3.79. The first-order chi connectivity index (χ1) is 10.7. The Morgan fingerprint density at radius 2 is 2.18 bits per heavy atom. The van der Waals surface area contributed by atoms with E-state index in [0.29, 0.717) is 5.56 Å². The topological polar surface area (TPSA) is 36.8 Å². The molecule has 2 aliphatic heterocycles. The maximum Gasteiger partial charge on any atom is 0.251 e. The third-order valence-corrected chi connectivity index (χ3v) is 4.88. The molecule has 0 aromatic carbocycles. The van der Waals surface area contributed by atoms with Gasteiger partial charge in [-0.05, 0) is 43.5 Å². The van der Waals surface area contributed by atoms with Crippen molar-refractivity contribution in [2.45, 2.75) is 18.9 Å². The molecule has 3 atom stereocenters. The molecule has 2 aliphatic rings. The van der Waals surface area contributed by atoms with Gasteiger partial charge in [-0.15, -0.1) is 6.42 Å². The maximum atomic E-state index is 12.5. The minimum atomic E-state index is -0.000767. The van der Waals surface area contributed by atoms with Crippen LogP contribution >= 0.6 is 0 Å². The van der Waals surface area contributed by atoms with E-state index in [-0.39, 0.29) is 11.9 Å². The van der Waals surface area contributed by atoms with Crippen LogP contribution in [0.3, 0.4) is 0 Å². The first kappa shape index (κ1) is 13.4. The molecular formula is C18H19N3O. The summed E-state index contributed by atoms with van der Waals surface area (Å²) in [6.07, 6.45) is 11.7. The normalized spacial score (nSPS) is 26.8. The Morgan fingerprint density at radius 3 is 3.00 bits per heavy atom. The van der Waals surface area contributed by atoms with E-state index in [0.717, 1.165) is 30.0 Å². The summed E-state index contributed by atoms with van der Waals surface area (Å²) in [5, 5.41) is 3.19. The molecule has 0 aliphatic carbocycles. The van der Waals surface area contributed by atoms with Crippen LogP contribution in [0.2, 0.25) is 0 Å². The molecule has 2 fully saturated rings. The highest BCUT2D eigenvalue weighted by Gasteiger charge is 2.32. The number of terminal acetylenes is 1. The van der Waals surface area contributed by atoms with Crippen molar-refractivity contribution in [2.75, 3.05) is 19.6 Å². The summed E-state index contributed by atoms with van der Waals surface area (Å²) in [4.78, 5) is 15.0. The van der Waals surface area contributed by atoms with Crippen molar-refractivity contribution in [3.63, 3.8) is 0 Å². The van der Waals surface area contributed by atoms with E-state index in [9.17, 15) is 4.79 Å². The molecular weight excluding hydrogens is 274 g/mol. The molecule has 0 saturated carbocycles. The minimum Gasteiger partial charge on any atom is -0.348 e. The lowest BCUT2D eigenvalue weighted by molar-refractivity contribution is 0.0909. The standard InChI is InChI=1S/C18H19N3O/c1-2-14-4-7-21-8-5-15(10-17(14)21)18(22)19-16-9-13-3-6-20(11-13)12-16/h1,4-5,7-8,10,13,16H,3,6,9,11-12H2,(H,19,22)/t13?,16-/m1/s1. The van der Waals surface area contributed by atoms with Gasteiger partial charge in [0.25, 0.3) is 5.91 Å². The predicted octanol–water partition coefficient (Wildman–Crippen LogP) is 1.74. The lowest BCUT2D eigenvalue weighted by Crippen LogP contribution is -2.47. The number of carbonyl (C=O) groups excluding carboxylic acids is 1. The fraction of sp³-hybridized carbons (Fsp3) is 0.389. The zero-order chi connectivity index (χ0) is 15.1. The largest absolute Gasteiger partial charge is 0.348 e. The van der Waals surface area contributed by atoms with Gasteiger partial charge in [-0.25, -0.2) is 0 Å². The van der Waals surface area contributed by atoms with E-state index >= 15 is 0 Å². The van der Waals surface area contributed by atoms with E-state index in [2.05, 4.69) is 16.1 Å². The van der Waals surface area contributed by atoms with E-state index < -0.39 is 0 Å². The van der Waals surface area contributed by atoms with Gasteiger partial charge in [0.2, 0.25) is 0 Å². The Balaban J connectivity index is 1.54. The number of aromatic nitrogens is 1. The Bertz CT molecular complexity index is 758. The van der Waals surface area contributed by atoms with Crippen LogP contribution in [0.5, 0.6) is 0 Å². The summed E-state index contributed by atoms with van der Waals surface area (Å²) >= 11 is 0. The fourth-order valence-corrected chi connectivity index (χ4v) is 3.79. The van der Waals surface area contributed by atoms with Gasteiger partial charge in [0.1, 0.15) is 0 Å². The van der Waals surface area contributed by atoms with Gasteiger partial charge in [-0.3, -0.25) is 4.79 Å². The number of hydrogen-bond acceptors (Lipinski definition) is 2. The van der Waals surface area contributed by atoms with Crippen LogP contribution < -0.4 is 5.32 Å². The van der Waals surface area contributed by atoms with Gasteiger partial charge in [0, 0.05) is 42.7 Å². The van der Waals surface area contributed by atoms with Crippen molar-refractivity contribution in [3.05, 3.63) is 41.7 Å². The quantitative estimate of drug-likeness (QED) is 0.856. The summed E-state index contributed by atoms with van der Waals surface area (Å²) in [5.74, 6) is 3.41. The molecule has 2 unspecified atom stereocenters. The number of carbonyl (C=O) groups is 1. The monoisotopic (exact) mass is 293 g/mol. The van der Waals surface area contributed by atoms with E-state index in [1.54, 1.807) is 0 Å².